The van der Waals surface area contributed by atoms with Crippen molar-refractivity contribution in [2.45, 2.75) is 32.0 Å². The molecule has 5 nitrogen and oxygen atoms in total. The third-order valence-corrected chi connectivity index (χ3v) is 3.69. The summed E-state index contributed by atoms with van der Waals surface area (Å²) in [6.45, 7) is 2.91. The fourth-order valence-electron chi connectivity index (χ4n) is 2.57. The van der Waals surface area contributed by atoms with Crippen molar-refractivity contribution in [1.82, 2.24) is 0 Å². The zero-order valence-electron chi connectivity index (χ0n) is 12.0. The van der Waals surface area contributed by atoms with E-state index in [9.17, 15) is 23.3 Å². The minimum atomic E-state index is -4.64. The molecular formula is C14H17F3N2O3. The van der Waals surface area contributed by atoms with Crippen LogP contribution in [0.2, 0.25) is 0 Å². The number of nitrogens with zero attached hydrogens (tertiary/aromatic N) is 1. The molecule has 2 atom stereocenters. The Hall–Kier alpha value is -1.83. The summed E-state index contributed by atoms with van der Waals surface area (Å²) in [7, 11) is 0. The SMILES string of the molecule is C[C@@H]1C[C@H](CNc2ccc([N+](=O)[O-])cc2C(F)(F)F)CCO1. The summed E-state index contributed by atoms with van der Waals surface area (Å²) in [5, 5.41) is 13.4. The molecular weight excluding hydrogens is 301 g/mol. The van der Waals surface area contributed by atoms with E-state index in [2.05, 4.69) is 5.32 Å². The number of hydrogen-bond acceptors (Lipinski definition) is 4. The number of benzene rings is 1. The number of nitrogens with one attached hydrogen (secondary N) is 1. The molecule has 1 aromatic carbocycles. The van der Waals surface area contributed by atoms with Crippen LogP contribution < -0.4 is 5.32 Å². The van der Waals surface area contributed by atoms with Gasteiger partial charge in [-0.15, -0.1) is 0 Å². The highest BCUT2D eigenvalue weighted by atomic mass is 19.4. The zero-order valence-corrected chi connectivity index (χ0v) is 12.0. The van der Waals surface area contributed by atoms with Gasteiger partial charge in [-0.2, -0.15) is 13.2 Å². The number of alkyl halides is 3. The highest BCUT2D eigenvalue weighted by molar-refractivity contribution is 5.57. The smallest absolute Gasteiger partial charge is 0.384 e. The number of nitro benzene ring substituents is 1. The third-order valence-electron chi connectivity index (χ3n) is 3.69. The Morgan fingerprint density at radius 1 is 1.45 bits per heavy atom. The van der Waals surface area contributed by atoms with Crippen molar-refractivity contribution in [3.63, 3.8) is 0 Å². The number of halogens is 3. The maximum absolute atomic E-state index is 13.0. The third kappa shape index (κ3) is 4.09. The van der Waals surface area contributed by atoms with E-state index in [0.29, 0.717) is 19.2 Å². The lowest BCUT2D eigenvalue weighted by Crippen LogP contribution is -2.28. The molecule has 0 spiro atoms. The number of anilines is 1. The summed E-state index contributed by atoms with van der Waals surface area (Å²) in [4.78, 5) is 9.80. The summed E-state index contributed by atoms with van der Waals surface area (Å²) in [6, 6.07) is 2.75. The highest BCUT2D eigenvalue weighted by Gasteiger charge is 2.35. The van der Waals surface area contributed by atoms with Gasteiger partial charge in [-0.3, -0.25) is 10.1 Å². The second-order valence-electron chi connectivity index (χ2n) is 5.44. The molecule has 1 fully saturated rings. The molecule has 122 valence electrons. The number of nitro groups is 1. The molecule has 1 saturated heterocycles. The van der Waals surface area contributed by atoms with Crippen LogP contribution in [-0.2, 0) is 10.9 Å². The second-order valence-corrected chi connectivity index (χ2v) is 5.44. The molecule has 0 unspecified atom stereocenters. The summed E-state index contributed by atoms with van der Waals surface area (Å²) in [5.41, 5.74) is -1.71. The van der Waals surface area contributed by atoms with Crippen LogP contribution in [0.25, 0.3) is 0 Å². The maximum Gasteiger partial charge on any atom is 0.418 e. The van der Waals surface area contributed by atoms with Gasteiger partial charge in [-0.25, -0.2) is 0 Å². The van der Waals surface area contributed by atoms with Gasteiger partial charge in [0.05, 0.1) is 16.6 Å². The van der Waals surface area contributed by atoms with E-state index in [1.807, 2.05) is 6.92 Å². The molecule has 1 N–H and O–H groups in total. The molecule has 0 aromatic heterocycles. The largest absolute Gasteiger partial charge is 0.418 e. The van der Waals surface area contributed by atoms with E-state index in [0.717, 1.165) is 25.0 Å². The molecule has 1 aliphatic heterocycles. The summed E-state index contributed by atoms with van der Waals surface area (Å²) >= 11 is 0. The van der Waals surface area contributed by atoms with E-state index in [-0.39, 0.29) is 17.7 Å². The number of rotatable bonds is 4. The highest BCUT2D eigenvalue weighted by Crippen LogP contribution is 2.37. The van der Waals surface area contributed by atoms with Gasteiger partial charge < -0.3 is 10.1 Å². The van der Waals surface area contributed by atoms with Crippen molar-refractivity contribution in [3.8, 4) is 0 Å². The first-order chi connectivity index (χ1) is 10.3. The van der Waals surface area contributed by atoms with Gasteiger partial charge in [0.15, 0.2) is 0 Å². The first-order valence-corrected chi connectivity index (χ1v) is 6.98. The maximum atomic E-state index is 13.0. The number of hydrogen-bond donors (Lipinski definition) is 1. The van der Waals surface area contributed by atoms with Crippen LogP contribution in [-0.4, -0.2) is 24.2 Å². The van der Waals surface area contributed by atoms with Crippen molar-refractivity contribution in [3.05, 3.63) is 33.9 Å². The lowest BCUT2D eigenvalue weighted by Gasteiger charge is -2.28. The van der Waals surface area contributed by atoms with Crippen LogP contribution in [0.4, 0.5) is 24.5 Å². The van der Waals surface area contributed by atoms with Crippen LogP contribution in [0.1, 0.15) is 25.3 Å². The average Bonchev–Trinajstić information content (AvgIpc) is 2.44. The van der Waals surface area contributed by atoms with E-state index < -0.39 is 22.4 Å². The quantitative estimate of drug-likeness (QED) is 0.676. The molecule has 0 radical (unpaired) electrons. The Morgan fingerprint density at radius 2 is 2.18 bits per heavy atom. The van der Waals surface area contributed by atoms with Gasteiger partial charge in [0.2, 0.25) is 0 Å². The van der Waals surface area contributed by atoms with E-state index in [1.165, 1.54) is 0 Å². The monoisotopic (exact) mass is 318 g/mol. The van der Waals surface area contributed by atoms with Gasteiger partial charge in [-0.05, 0) is 31.7 Å². The van der Waals surface area contributed by atoms with E-state index >= 15 is 0 Å². The Bertz CT molecular complexity index is 549. The van der Waals surface area contributed by atoms with Crippen molar-refractivity contribution in [2.24, 2.45) is 5.92 Å². The first kappa shape index (κ1) is 16.5. The topological polar surface area (TPSA) is 64.4 Å². The molecule has 0 saturated carbocycles. The standard InChI is InChI=1S/C14H17F3N2O3/c1-9-6-10(4-5-22-9)8-18-13-3-2-11(19(20)21)7-12(13)14(15,16)17/h2-3,7,9-10,18H,4-6,8H2,1H3/t9-,10-/m1/s1. The average molecular weight is 318 g/mol. The van der Waals surface area contributed by atoms with Crippen LogP contribution in [0, 0.1) is 16.0 Å². The number of non-ortho nitro benzene ring substituents is 1. The van der Waals surface area contributed by atoms with Gasteiger partial charge in [0.1, 0.15) is 0 Å². The Kier molecular flexibility index (Phi) is 4.90. The molecule has 0 aliphatic carbocycles. The normalized spacial score (nSPS) is 22.4. The molecule has 2 rings (SSSR count). The van der Waals surface area contributed by atoms with Crippen molar-refractivity contribution < 1.29 is 22.8 Å². The van der Waals surface area contributed by atoms with Gasteiger partial charge in [0.25, 0.3) is 5.69 Å². The van der Waals surface area contributed by atoms with Crippen molar-refractivity contribution in [1.29, 1.82) is 0 Å². The lowest BCUT2D eigenvalue weighted by molar-refractivity contribution is -0.385. The Labute approximate surface area is 125 Å². The molecule has 1 heterocycles. The van der Waals surface area contributed by atoms with Crippen LogP contribution in [0.3, 0.4) is 0 Å². The molecule has 1 aromatic rings. The summed E-state index contributed by atoms with van der Waals surface area (Å²) in [6.07, 6.45) is -2.98. The predicted molar refractivity (Wildman–Crippen MR) is 74.7 cm³/mol. The molecule has 8 heteroatoms. The lowest BCUT2D eigenvalue weighted by atomic mass is 9.96. The Morgan fingerprint density at radius 3 is 2.77 bits per heavy atom. The van der Waals surface area contributed by atoms with E-state index in [4.69, 9.17) is 4.74 Å². The predicted octanol–water partition coefficient (Wildman–Crippen LogP) is 3.84. The Balaban J connectivity index is 2.14. The second kappa shape index (κ2) is 6.51. The van der Waals surface area contributed by atoms with E-state index in [1.54, 1.807) is 0 Å². The molecule has 1 aliphatic rings. The number of ether oxygens (including phenoxy) is 1. The summed E-state index contributed by atoms with van der Waals surface area (Å²) in [5.74, 6) is 0.222. The van der Waals surface area contributed by atoms with Crippen LogP contribution in [0.5, 0.6) is 0 Å². The fraction of sp³-hybridized carbons (Fsp3) is 0.571. The van der Waals surface area contributed by atoms with Crippen LogP contribution >= 0.6 is 0 Å². The van der Waals surface area contributed by atoms with Crippen LogP contribution in [0.15, 0.2) is 18.2 Å². The van der Waals surface area contributed by atoms with Gasteiger partial charge in [-0.1, -0.05) is 0 Å². The first-order valence-electron chi connectivity index (χ1n) is 6.98. The zero-order chi connectivity index (χ0) is 16.3. The molecule has 0 bridgehead atoms. The molecule has 22 heavy (non-hydrogen) atoms. The van der Waals surface area contributed by atoms with Gasteiger partial charge in [0, 0.05) is 31.0 Å². The minimum absolute atomic E-state index is 0.0968. The van der Waals surface area contributed by atoms with Gasteiger partial charge >= 0.3 is 6.18 Å². The van der Waals surface area contributed by atoms with Crippen molar-refractivity contribution in [2.75, 3.05) is 18.5 Å². The summed E-state index contributed by atoms with van der Waals surface area (Å²) < 4.78 is 44.5. The minimum Gasteiger partial charge on any atom is -0.384 e. The molecule has 0 amide bonds. The van der Waals surface area contributed by atoms with Crippen molar-refractivity contribution >= 4 is 11.4 Å². The fourth-order valence-corrected chi connectivity index (χ4v) is 2.57.